The van der Waals surface area contributed by atoms with E-state index in [2.05, 4.69) is 46.0 Å². The third-order valence-electron chi connectivity index (χ3n) is 4.81. The van der Waals surface area contributed by atoms with Gasteiger partial charge < -0.3 is 19.7 Å². The number of aromatic nitrogens is 2. The number of carbonyl (C=O) groups excluding carboxylic acids is 1. The van der Waals surface area contributed by atoms with Crippen molar-refractivity contribution in [2.45, 2.75) is 32.0 Å². The van der Waals surface area contributed by atoms with E-state index in [9.17, 15) is 4.79 Å². The third-order valence-corrected chi connectivity index (χ3v) is 4.81. The van der Waals surface area contributed by atoms with Gasteiger partial charge in [0, 0.05) is 38.1 Å². The van der Waals surface area contributed by atoms with Crippen molar-refractivity contribution in [3.63, 3.8) is 0 Å². The summed E-state index contributed by atoms with van der Waals surface area (Å²) in [5.74, 6) is 0.873. The normalized spacial score (nSPS) is 17.7. The summed E-state index contributed by atoms with van der Waals surface area (Å²) in [6.45, 7) is 2.83. The maximum atomic E-state index is 12.5. The topological polar surface area (TPSA) is 53.4 Å². The number of carbonyl (C=O) groups is 1. The van der Waals surface area contributed by atoms with E-state index < -0.39 is 0 Å². The molecule has 0 aliphatic carbocycles. The van der Waals surface area contributed by atoms with Crippen LogP contribution in [-0.2, 0) is 13.1 Å². The van der Waals surface area contributed by atoms with Crippen molar-refractivity contribution in [1.29, 1.82) is 0 Å². The summed E-state index contributed by atoms with van der Waals surface area (Å²) in [5, 5.41) is 3.03. The monoisotopic (exact) mass is 341 g/mol. The fourth-order valence-electron chi connectivity index (χ4n) is 3.26. The summed E-state index contributed by atoms with van der Waals surface area (Å²) in [6.07, 6.45) is 5.95. The van der Waals surface area contributed by atoms with E-state index >= 15 is 0 Å². The van der Waals surface area contributed by atoms with Gasteiger partial charge in [-0.3, -0.25) is 0 Å². The summed E-state index contributed by atoms with van der Waals surface area (Å²) in [5.41, 5.74) is 1.22. The molecule has 3 rings (SSSR count). The highest BCUT2D eigenvalue weighted by molar-refractivity contribution is 5.74. The number of benzene rings is 1. The summed E-state index contributed by atoms with van der Waals surface area (Å²) in [6, 6.07) is 10.7. The van der Waals surface area contributed by atoms with Gasteiger partial charge in [0.25, 0.3) is 0 Å². The fourth-order valence-corrected chi connectivity index (χ4v) is 3.26. The van der Waals surface area contributed by atoms with E-state index in [-0.39, 0.29) is 6.03 Å². The van der Waals surface area contributed by atoms with Crippen LogP contribution < -0.4 is 5.32 Å². The Hall–Kier alpha value is -2.34. The first-order chi connectivity index (χ1) is 12.1. The van der Waals surface area contributed by atoms with Crippen LogP contribution >= 0.6 is 0 Å². The van der Waals surface area contributed by atoms with Crippen molar-refractivity contribution in [2.24, 2.45) is 0 Å². The van der Waals surface area contributed by atoms with Gasteiger partial charge in [-0.05, 0) is 32.5 Å². The van der Waals surface area contributed by atoms with Crippen LogP contribution in [-0.4, -0.2) is 58.6 Å². The van der Waals surface area contributed by atoms with Crippen LogP contribution in [0.4, 0.5) is 4.79 Å². The maximum absolute atomic E-state index is 12.5. The zero-order valence-corrected chi connectivity index (χ0v) is 15.1. The SMILES string of the molecule is CN(C)C1CCCN(C(=O)NCc2nccn2Cc2ccccc2)C1. The molecule has 0 radical (unpaired) electrons. The lowest BCUT2D eigenvalue weighted by Crippen LogP contribution is -2.50. The molecule has 1 unspecified atom stereocenters. The molecule has 134 valence electrons. The zero-order chi connectivity index (χ0) is 17.6. The van der Waals surface area contributed by atoms with Gasteiger partial charge in [-0.1, -0.05) is 30.3 Å². The van der Waals surface area contributed by atoms with Gasteiger partial charge >= 0.3 is 6.03 Å². The first-order valence-corrected chi connectivity index (χ1v) is 8.86. The van der Waals surface area contributed by atoms with Crippen molar-refractivity contribution >= 4 is 6.03 Å². The molecule has 1 aliphatic heterocycles. The van der Waals surface area contributed by atoms with Gasteiger partial charge in [0.1, 0.15) is 5.82 Å². The lowest BCUT2D eigenvalue weighted by Gasteiger charge is -2.36. The number of amides is 2. The number of rotatable bonds is 5. The number of urea groups is 1. The number of likely N-dealkylation sites (N-methyl/N-ethyl adjacent to an activating group) is 1. The van der Waals surface area contributed by atoms with Gasteiger partial charge in [0.15, 0.2) is 0 Å². The molecule has 0 spiro atoms. The Balaban J connectivity index is 1.55. The molecule has 0 bridgehead atoms. The summed E-state index contributed by atoms with van der Waals surface area (Å²) >= 11 is 0. The van der Waals surface area contributed by atoms with Gasteiger partial charge in [-0.2, -0.15) is 0 Å². The number of hydrogen-bond acceptors (Lipinski definition) is 3. The lowest BCUT2D eigenvalue weighted by molar-refractivity contribution is 0.139. The second-order valence-corrected chi connectivity index (χ2v) is 6.82. The average Bonchev–Trinajstić information content (AvgIpc) is 3.07. The molecule has 1 N–H and O–H groups in total. The number of hydrogen-bond donors (Lipinski definition) is 1. The molecular weight excluding hydrogens is 314 g/mol. The van der Waals surface area contributed by atoms with Crippen molar-refractivity contribution in [2.75, 3.05) is 27.2 Å². The number of nitrogens with zero attached hydrogens (tertiary/aromatic N) is 4. The molecule has 2 heterocycles. The van der Waals surface area contributed by atoms with E-state index in [0.717, 1.165) is 38.3 Å². The van der Waals surface area contributed by atoms with E-state index in [1.807, 2.05) is 29.3 Å². The Morgan fingerprint density at radius 3 is 2.88 bits per heavy atom. The third kappa shape index (κ3) is 4.60. The Morgan fingerprint density at radius 1 is 1.32 bits per heavy atom. The smallest absolute Gasteiger partial charge is 0.317 e. The minimum absolute atomic E-state index is 0.000751. The van der Waals surface area contributed by atoms with Crippen molar-refractivity contribution in [1.82, 2.24) is 24.7 Å². The predicted molar refractivity (Wildman–Crippen MR) is 98.3 cm³/mol. The molecule has 1 aliphatic rings. The minimum Gasteiger partial charge on any atom is -0.331 e. The summed E-state index contributed by atoms with van der Waals surface area (Å²) in [4.78, 5) is 21.0. The van der Waals surface area contributed by atoms with Gasteiger partial charge in [-0.25, -0.2) is 9.78 Å². The van der Waals surface area contributed by atoms with Crippen molar-refractivity contribution < 1.29 is 4.79 Å². The standard InChI is InChI=1S/C19H27N5O/c1-22(2)17-9-6-11-24(15-17)19(25)21-13-18-20-10-12-23(18)14-16-7-4-3-5-8-16/h3-5,7-8,10,12,17H,6,9,11,13-15H2,1-2H3,(H,21,25). The highest BCUT2D eigenvalue weighted by Gasteiger charge is 2.24. The fraction of sp³-hybridized carbons (Fsp3) is 0.474. The van der Waals surface area contributed by atoms with Crippen LogP contribution in [0.5, 0.6) is 0 Å². The summed E-state index contributed by atoms with van der Waals surface area (Å²) in [7, 11) is 4.15. The first kappa shape index (κ1) is 17.5. The van der Waals surface area contributed by atoms with Crippen LogP contribution in [0.2, 0.25) is 0 Å². The molecule has 1 aromatic heterocycles. The number of piperidine rings is 1. The molecule has 0 saturated carbocycles. The van der Waals surface area contributed by atoms with Crippen molar-refractivity contribution in [3.8, 4) is 0 Å². The Kier molecular flexibility index (Phi) is 5.71. The van der Waals surface area contributed by atoms with Crippen LogP contribution in [0, 0.1) is 0 Å². The molecule has 2 amide bonds. The average molecular weight is 341 g/mol. The number of imidazole rings is 1. The van der Waals surface area contributed by atoms with Gasteiger partial charge in [-0.15, -0.1) is 0 Å². The Morgan fingerprint density at radius 2 is 2.12 bits per heavy atom. The molecule has 1 saturated heterocycles. The molecule has 1 fully saturated rings. The zero-order valence-electron chi connectivity index (χ0n) is 15.1. The number of nitrogens with one attached hydrogen (secondary N) is 1. The van der Waals surface area contributed by atoms with Crippen LogP contribution in [0.1, 0.15) is 24.2 Å². The summed E-state index contributed by atoms with van der Waals surface area (Å²) < 4.78 is 2.08. The molecular formula is C19H27N5O. The maximum Gasteiger partial charge on any atom is 0.317 e. The van der Waals surface area contributed by atoms with Crippen molar-refractivity contribution in [3.05, 3.63) is 54.1 Å². The van der Waals surface area contributed by atoms with Crippen LogP contribution in [0.3, 0.4) is 0 Å². The quantitative estimate of drug-likeness (QED) is 0.907. The highest BCUT2D eigenvalue weighted by Crippen LogP contribution is 2.14. The number of likely N-dealkylation sites (tertiary alicyclic amines) is 1. The van der Waals surface area contributed by atoms with Crippen LogP contribution in [0.25, 0.3) is 0 Å². The lowest BCUT2D eigenvalue weighted by atomic mass is 10.1. The second-order valence-electron chi connectivity index (χ2n) is 6.82. The highest BCUT2D eigenvalue weighted by atomic mass is 16.2. The minimum atomic E-state index is 0.000751. The molecule has 1 aromatic carbocycles. The van der Waals surface area contributed by atoms with Crippen LogP contribution in [0.15, 0.2) is 42.7 Å². The molecule has 6 heteroatoms. The molecule has 6 nitrogen and oxygen atoms in total. The van der Waals surface area contributed by atoms with E-state index in [1.54, 1.807) is 6.20 Å². The molecule has 25 heavy (non-hydrogen) atoms. The molecule has 1 atom stereocenters. The first-order valence-electron chi connectivity index (χ1n) is 8.86. The Bertz CT molecular complexity index is 682. The molecule has 2 aromatic rings. The predicted octanol–water partition coefficient (Wildman–Crippen LogP) is 2.17. The second kappa shape index (κ2) is 8.16. The van der Waals surface area contributed by atoms with Gasteiger partial charge in [0.05, 0.1) is 6.54 Å². The van der Waals surface area contributed by atoms with E-state index in [1.165, 1.54) is 5.56 Å². The Labute approximate surface area is 149 Å². The van der Waals surface area contributed by atoms with E-state index in [0.29, 0.717) is 12.6 Å². The van der Waals surface area contributed by atoms with E-state index in [4.69, 9.17) is 0 Å². The van der Waals surface area contributed by atoms with Gasteiger partial charge in [0.2, 0.25) is 0 Å². The largest absolute Gasteiger partial charge is 0.331 e.